The lowest BCUT2D eigenvalue weighted by molar-refractivity contribution is -0.116. The van der Waals surface area contributed by atoms with Crippen LogP contribution in [-0.2, 0) is 9.53 Å². The quantitative estimate of drug-likeness (QED) is 0.469. The predicted molar refractivity (Wildman–Crippen MR) is 124 cm³/mol. The highest BCUT2D eigenvalue weighted by Gasteiger charge is 2.29. The van der Waals surface area contributed by atoms with Gasteiger partial charge in [0.25, 0.3) is 0 Å². The highest BCUT2D eigenvalue weighted by atomic mass is 19.1. The number of halogens is 1. The maximum Gasteiger partial charge on any atom is 0.407 e. The van der Waals surface area contributed by atoms with Gasteiger partial charge < -0.3 is 20.5 Å². The first-order chi connectivity index (χ1) is 16.3. The molecule has 0 bridgehead atoms. The maximum absolute atomic E-state index is 14.0. The van der Waals surface area contributed by atoms with Gasteiger partial charge in [-0.15, -0.1) is 0 Å². The van der Waals surface area contributed by atoms with Gasteiger partial charge in [-0.05, 0) is 41.3 Å². The zero-order valence-electron chi connectivity index (χ0n) is 18.4. The van der Waals surface area contributed by atoms with Gasteiger partial charge in [-0.3, -0.25) is 4.79 Å². The van der Waals surface area contributed by atoms with E-state index in [9.17, 15) is 23.9 Å². The van der Waals surface area contributed by atoms with Crippen molar-refractivity contribution in [2.45, 2.75) is 25.3 Å². The minimum atomic E-state index is -1.36. The average Bonchev–Trinajstić information content (AvgIpc) is 3.12. The third kappa shape index (κ3) is 4.76. The Bertz CT molecular complexity index is 1210. The third-order valence-corrected chi connectivity index (χ3v) is 5.71. The van der Waals surface area contributed by atoms with Gasteiger partial charge in [0, 0.05) is 18.4 Å². The van der Waals surface area contributed by atoms with Crippen molar-refractivity contribution in [3.63, 3.8) is 0 Å². The fraction of sp³-hybridized carbons (Fsp3) is 0.192. The number of ether oxygens (including phenoxy) is 1. The van der Waals surface area contributed by atoms with E-state index < -0.39 is 35.5 Å². The molecule has 1 aliphatic carbocycles. The van der Waals surface area contributed by atoms with Crippen molar-refractivity contribution < 1.29 is 28.6 Å². The van der Waals surface area contributed by atoms with Crippen LogP contribution in [0.5, 0.6) is 0 Å². The summed E-state index contributed by atoms with van der Waals surface area (Å²) < 4.78 is 19.5. The Hall–Kier alpha value is -4.20. The maximum atomic E-state index is 14.0. The molecule has 34 heavy (non-hydrogen) atoms. The van der Waals surface area contributed by atoms with E-state index in [4.69, 9.17) is 4.74 Å². The molecule has 0 fully saturated rings. The Morgan fingerprint density at radius 1 is 0.971 bits per heavy atom. The van der Waals surface area contributed by atoms with E-state index in [1.807, 2.05) is 48.5 Å². The van der Waals surface area contributed by atoms with Crippen molar-refractivity contribution in [3.8, 4) is 11.1 Å². The van der Waals surface area contributed by atoms with Crippen molar-refractivity contribution in [2.24, 2.45) is 0 Å². The van der Waals surface area contributed by atoms with Gasteiger partial charge in [0.05, 0.1) is 11.3 Å². The smallest absolute Gasteiger partial charge is 0.407 e. The van der Waals surface area contributed by atoms with E-state index in [0.717, 1.165) is 28.3 Å². The summed E-state index contributed by atoms with van der Waals surface area (Å²) >= 11 is 0. The number of rotatable bonds is 7. The molecule has 0 unspecified atom stereocenters. The van der Waals surface area contributed by atoms with Crippen molar-refractivity contribution in [1.82, 2.24) is 5.32 Å². The standard InChI is InChI=1S/C26H23FN2O5/c1-15(13-23(30)29-24-20(25(31)32)11-6-12-22(24)27)28-26(33)34-14-21-18-9-4-2-7-16(18)17-8-3-5-10-19(17)21/h2-12,15,21H,13-14H2,1H3,(H,28,33)(H,29,30)(H,31,32)/t15-/m0/s1. The number of hydrogen-bond donors (Lipinski definition) is 3. The Labute approximate surface area is 195 Å². The van der Waals surface area contributed by atoms with Gasteiger partial charge in [-0.25, -0.2) is 14.0 Å². The number of carboxylic acids is 1. The second-order valence-electron chi connectivity index (χ2n) is 8.09. The third-order valence-electron chi connectivity index (χ3n) is 5.71. The summed E-state index contributed by atoms with van der Waals surface area (Å²) in [6.45, 7) is 1.73. The van der Waals surface area contributed by atoms with Crippen LogP contribution in [0.15, 0.2) is 66.7 Å². The fourth-order valence-electron chi connectivity index (χ4n) is 4.19. The number of para-hydroxylation sites is 1. The first kappa shape index (κ1) is 23.0. The van der Waals surface area contributed by atoms with E-state index in [0.29, 0.717) is 0 Å². The zero-order valence-corrected chi connectivity index (χ0v) is 18.4. The van der Waals surface area contributed by atoms with Crippen LogP contribution in [0.4, 0.5) is 14.9 Å². The van der Waals surface area contributed by atoms with Crippen LogP contribution < -0.4 is 10.6 Å². The minimum absolute atomic E-state index is 0.0905. The van der Waals surface area contributed by atoms with Gasteiger partial charge in [0.1, 0.15) is 12.4 Å². The summed E-state index contributed by atoms with van der Waals surface area (Å²) in [7, 11) is 0. The lowest BCUT2D eigenvalue weighted by Crippen LogP contribution is -2.36. The summed E-state index contributed by atoms with van der Waals surface area (Å²) in [6.07, 6.45) is -0.878. The van der Waals surface area contributed by atoms with E-state index in [-0.39, 0.29) is 24.5 Å². The lowest BCUT2D eigenvalue weighted by Gasteiger charge is -2.17. The highest BCUT2D eigenvalue weighted by molar-refractivity contribution is 6.00. The van der Waals surface area contributed by atoms with Gasteiger partial charge in [0.15, 0.2) is 0 Å². The summed E-state index contributed by atoms with van der Waals surface area (Å²) in [5.41, 5.74) is 3.64. The summed E-state index contributed by atoms with van der Waals surface area (Å²) in [4.78, 5) is 35.9. The monoisotopic (exact) mass is 462 g/mol. The Morgan fingerprint density at radius 2 is 1.59 bits per heavy atom. The van der Waals surface area contributed by atoms with Crippen LogP contribution in [0.2, 0.25) is 0 Å². The Balaban J connectivity index is 1.33. The van der Waals surface area contributed by atoms with Gasteiger partial charge >= 0.3 is 12.1 Å². The van der Waals surface area contributed by atoms with E-state index in [1.54, 1.807) is 6.92 Å². The molecule has 8 heteroatoms. The number of carbonyl (C=O) groups excluding carboxylic acids is 2. The SMILES string of the molecule is C[C@@H](CC(=O)Nc1c(F)cccc1C(=O)O)NC(=O)OCC1c2ccccc2-c2ccccc21. The van der Waals surface area contributed by atoms with Crippen molar-refractivity contribution in [3.05, 3.63) is 89.2 Å². The molecule has 4 rings (SSSR count). The molecule has 174 valence electrons. The molecule has 7 nitrogen and oxygen atoms in total. The molecule has 0 saturated heterocycles. The van der Waals surface area contributed by atoms with Crippen LogP contribution in [0.3, 0.4) is 0 Å². The summed E-state index contributed by atoms with van der Waals surface area (Å²) in [5.74, 6) is -2.95. The van der Waals surface area contributed by atoms with Crippen LogP contribution in [0.1, 0.15) is 40.7 Å². The largest absolute Gasteiger partial charge is 0.478 e. The molecule has 0 heterocycles. The molecule has 0 radical (unpaired) electrons. The van der Waals surface area contributed by atoms with Gasteiger partial charge in [-0.2, -0.15) is 0 Å². The Morgan fingerprint density at radius 3 is 2.21 bits per heavy atom. The first-order valence-corrected chi connectivity index (χ1v) is 10.8. The van der Waals surface area contributed by atoms with Crippen LogP contribution in [0, 0.1) is 5.82 Å². The molecule has 3 N–H and O–H groups in total. The molecule has 1 aliphatic rings. The predicted octanol–water partition coefficient (Wildman–Crippen LogP) is 4.78. The first-order valence-electron chi connectivity index (χ1n) is 10.8. The number of nitrogens with one attached hydrogen (secondary N) is 2. The number of amides is 2. The average molecular weight is 462 g/mol. The minimum Gasteiger partial charge on any atom is -0.478 e. The van der Waals surface area contributed by atoms with Gasteiger partial charge in [-0.1, -0.05) is 54.6 Å². The summed E-state index contributed by atoms with van der Waals surface area (Å²) in [6, 6.07) is 18.8. The molecule has 1 atom stereocenters. The van der Waals surface area contributed by atoms with Crippen molar-refractivity contribution in [2.75, 3.05) is 11.9 Å². The Kier molecular flexibility index (Phi) is 6.58. The number of anilines is 1. The van der Waals surface area contributed by atoms with Gasteiger partial charge in [0.2, 0.25) is 5.91 Å². The summed E-state index contributed by atoms with van der Waals surface area (Å²) in [5, 5.41) is 14.0. The number of aromatic carboxylic acids is 1. The molecular formula is C26H23FN2O5. The van der Waals surface area contributed by atoms with E-state index in [2.05, 4.69) is 10.6 Å². The fourth-order valence-corrected chi connectivity index (χ4v) is 4.19. The number of carbonyl (C=O) groups is 3. The molecule has 2 amide bonds. The number of benzene rings is 3. The molecule has 0 spiro atoms. The van der Waals surface area contributed by atoms with Crippen LogP contribution in [0.25, 0.3) is 11.1 Å². The van der Waals surface area contributed by atoms with E-state index >= 15 is 0 Å². The van der Waals surface area contributed by atoms with Crippen molar-refractivity contribution in [1.29, 1.82) is 0 Å². The second kappa shape index (κ2) is 9.74. The van der Waals surface area contributed by atoms with Crippen LogP contribution >= 0.6 is 0 Å². The molecule has 0 aromatic heterocycles. The van der Waals surface area contributed by atoms with E-state index in [1.165, 1.54) is 12.1 Å². The lowest BCUT2D eigenvalue weighted by atomic mass is 9.98. The molecule has 0 saturated carbocycles. The molecule has 3 aromatic rings. The number of fused-ring (bicyclic) bond motifs is 3. The highest BCUT2D eigenvalue weighted by Crippen LogP contribution is 2.44. The zero-order chi connectivity index (χ0) is 24.2. The number of hydrogen-bond acceptors (Lipinski definition) is 4. The van der Waals surface area contributed by atoms with Crippen molar-refractivity contribution >= 4 is 23.7 Å². The van der Waals surface area contributed by atoms with Crippen LogP contribution in [-0.4, -0.2) is 35.7 Å². The molecule has 3 aromatic carbocycles. The normalized spacial score (nSPS) is 12.9. The number of alkyl carbamates (subject to hydrolysis) is 1. The topological polar surface area (TPSA) is 105 Å². The second-order valence-corrected chi connectivity index (χ2v) is 8.09. The molecular weight excluding hydrogens is 439 g/mol. The number of carboxylic acid groups (broad SMARTS) is 1. The molecule has 0 aliphatic heterocycles.